The van der Waals surface area contributed by atoms with E-state index in [1.54, 1.807) is 6.07 Å². The lowest BCUT2D eigenvalue weighted by Crippen LogP contribution is -2.25. The average molecular weight is 351 g/mol. The molecule has 26 heavy (non-hydrogen) atoms. The summed E-state index contributed by atoms with van der Waals surface area (Å²) in [5.41, 5.74) is 5.33. The maximum absolute atomic E-state index is 9.99. The van der Waals surface area contributed by atoms with Crippen LogP contribution in [0.1, 0.15) is 44.2 Å². The van der Waals surface area contributed by atoms with E-state index >= 15 is 0 Å². The molecule has 0 radical (unpaired) electrons. The van der Waals surface area contributed by atoms with Crippen LogP contribution < -0.4 is 0 Å². The van der Waals surface area contributed by atoms with Gasteiger partial charge in [0.2, 0.25) is 0 Å². The molecule has 0 saturated carbocycles. The summed E-state index contributed by atoms with van der Waals surface area (Å²) in [6.07, 6.45) is 2.93. The molecule has 138 valence electrons. The Kier molecular flexibility index (Phi) is 7.61. The molecule has 0 amide bonds. The maximum atomic E-state index is 9.99. The predicted molar refractivity (Wildman–Crippen MR) is 112 cm³/mol. The first-order valence-corrected chi connectivity index (χ1v) is 9.34. The number of allylic oxidation sites excluding steroid dienone is 1. The van der Waals surface area contributed by atoms with Crippen LogP contribution in [0.25, 0.3) is 5.57 Å². The molecule has 0 heterocycles. The second kappa shape index (κ2) is 9.93. The van der Waals surface area contributed by atoms with Crippen LogP contribution in [0.15, 0.2) is 60.1 Å². The van der Waals surface area contributed by atoms with Gasteiger partial charge in [-0.25, -0.2) is 0 Å². The number of hydrogen-bond donors (Lipinski definition) is 1. The van der Waals surface area contributed by atoms with Gasteiger partial charge < -0.3 is 5.11 Å². The number of rotatable bonds is 9. The molecular weight excluding hydrogens is 320 g/mol. The third-order valence-electron chi connectivity index (χ3n) is 4.41. The Morgan fingerprint density at radius 1 is 1.08 bits per heavy atom. The zero-order valence-electron chi connectivity index (χ0n) is 16.2. The number of aromatic hydroxyl groups is 1. The van der Waals surface area contributed by atoms with E-state index in [1.807, 2.05) is 30.3 Å². The van der Waals surface area contributed by atoms with Crippen molar-refractivity contribution in [2.75, 3.05) is 13.6 Å². The Bertz CT molecular complexity index is 764. The molecule has 3 nitrogen and oxygen atoms in total. The SMILES string of the molecule is C=C(CC)c1ccccc1N=C(CCC)CN(C)Cc1ccccc1O. The van der Waals surface area contributed by atoms with Crippen LogP contribution >= 0.6 is 0 Å². The molecule has 2 rings (SSSR count). The maximum Gasteiger partial charge on any atom is 0.120 e. The molecule has 3 heteroatoms. The highest BCUT2D eigenvalue weighted by molar-refractivity contribution is 5.90. The van der Waals surface area contributed by atoms with Gasteiger partial charge in [-0.15, -0.1) is 0 Å². The monoisotopic (exact) mass is 350 g/mol. The van der Waals surface area contributed by atoms with E-state index < -0.39 is 0 Å². The Hall–Kier alpha value is -2.39. The number of benzene rings is 2. The molecular formula is C23H30N2O. The number of aliphatic imine (C=N–C) groups is 1. The zero-order chi connectivity index (χ0) is 18.9. The van der Waals surface area contributed by atoms with Gasteiger partial charge in [0.05, 0.1) is 5.69 Å². The number of nitrogens with zero attached hydrogens (tertiary/aromatic N) is 2. The van der Waals surface area contributed by atoms with Crippen LogP contribution in [-0.2, 0) is 6.54 Å². The Morgan fingerprint density at radius 2 is 1.77 bits per heavy atom. The van der Waals surface area contributed by atoms with E-state index in [9.17, 15) is 5.11 Å². The molecule has 0 aromatic heterocycles. The highest BCUT2D eigenvalue weighted by Gasteiger charge is 2.10. The number of phenolic OH excluding ortho intramolecular Hbond substituents is 1. The third-order valence-corrected chi connectivity index (χ3v) is 4.41. The van der Waals surface area contributed by atoms with Gasteiger partial charge >= 0.3 is 0 Å². The summed E-state index contributed by atoms with van der Waals surface area (Å²) < 4.78 is 0. The van der Waals surface area contributed by atoms with Crippen LogP contribution in [0.5, 0.6) is 5.75 Å². The fourth-order valence-electron chi connectivity index (χ4n) is 2.99. The molecule has 2 aromatic rings. The van der Waals surface area contributed by atoms with Gasteiger partial charge in [-0.2, -0.15) is 0 Å². The number of para-hydroxylation sites is 2. The second-order valence-electron chi connectivity index (χ2n) is 6.70. The van der Waals surface area contributed by atoms with E-state index in [0.717, 1.165) is 53.9 Å². The smallest absolute Gasteiger partial charge is 0.120 e. The number of hydrogen-bond acceptors (Lipinski definition) is 3. The molecule has 0 aliphatic rings. The van der Waals surface area contributed by atoms with Crippen LogP contribution in [0.3, 0.4) is 0 Å². The molecule has 0 saturated heterocycles. The Labute approximate surface area is 157 Å². The lowest BCUT2D eigenvalue weighted by atomic mass is 10.0. The first kappa shape index (κ1) is 19.9. The normalized spacial score (nSPS) is 11.8. The van der Waals surface area contributed by atoms with Gasteiger partial charge in [0, 0.05) is 29.9 Å². The molecule has 0 spiro atoms. The molecule has 0 aliphatic carbocycles. The minimum absolute atomic E-state index is 0.345. The van der Waals surface area contributed by atoms with E-state index in [2.05, 4.69) is 44.5 Å². The largest absolute Gasteiger partial charge is 0.508 e. The summed E-state index contributed by atoms with van der Waals surface area (Å²) in [5, 5.41) is 9.99. The Morgan fingerprint density at radius 3 is 2.46 bits per heavy atom. The minimum Gasteiger partial charge on any atom is -0.508 e. The number of phenols is 1. The minimum atomic E-state index is 0.345. The van der Waals surface area contributed by atoms with Crippen molar-refractivity contribution < 1.29 is 5.11 Å². The summed E-state index contributed by atoms with van der Waals surface area (Å²) in [4.78, 5) is 7.17. The quantitative estimate of drug-likeness (QED) is 0.578. The zero-order valence-corrected chi connectivity index (χ0v) is 16.2. The molecule has 1 N–H and O–H groups in total. The average Bonchev–Trinajstić information content (AvgIpc) is 2.63. The van der Waals surface area contributed by atoms with E-state index in [-0.39, 0.29) is 0 Å². The van der Waals surface area contributed by atoms with Crippen molar-refractivity contribution in [3.63, 3.8) is 0 Å². The van der Waals surface area contributed by atoms with Gasteiger partial charge in [-0.3, -0.25) is 9.89 Å². The van der Waals surface area contributed by atoms with Gasteiger partial charge in [-0.1, -0.05) is 63.2 Å². The van der Waals surface area contributed by atoms with Crippen LogP contribution in [-0.4, -0.2) is 29.3 Å². The third kappa shape index (κ3) is 5.57. The topological polar surface area (TPSA) is 35.8 Å². The highest BCUT2D eigenvalue weighted by Crippen LogP contribution is 2.27. The van der Waals surface area contributed by atoms with Crippen LogP contribution in [0.2, 0.25) is 0 Å². The summed E-state index contributed by atoms with van der Waals surface area (Å²) in [5.74, 6) is 0.345. The molecule has 0 unspecified atom stereocenters. The summed E-state index contributed by atoms with van der Waals surface area (Å²) in [6, 6.07) is 15.7. The van der Waals surface area contributed by atoms with Gasteiger partial charge in [0.1, 0.15) is 5.75 Å². The predicted octanol–water partition coefficient (Wildman–Crippen LogP) is 5.82. The van der Waals surface area contributed by atoms with Gasteiger partial charge in [-0.05, 0) is 37.6 Å². The molecule has 0 bridgehead atoms. The fourth-order valence-corrected chi connectivity index (χ4v) is 2.99. The highest BCUT2D eigenvalue weighted by atomic mass is 16.3. The van der Waals surface area contributed by atoms with Crippen molar-refractivity contribution in [3.05, 3.63) is 66.2 Å². The van der Waals surface area contributed by atoms with Crippen molar-refractivity contribution in [1.29, 1.82) is 0 Å². The first-order chi connectivity index (χ1) is 12.5. The van der Waals surface area contributed by atoms with Crippen molar-refractivity contribution in [1.82, 2.24) is 4.90 Å². The summed E-state index contributed by atoms with van der Waals surface area (Å²) in [6.45, 7) is 9.94. The lowest BCUT2D eigenvalue weighted by Gasteiger charge is -2.19. The molecule has 0 aliphatic heterocycles. The summed E-state index contributed by atoms with van der Waals surface area (Å²) in [7, 11) is 2.06. The van der Waals surface area contributed by atoms with E-state index in [0.29, 0.717) is 12.3 Å². The first-order valence-electron chi connectivity index (χ1n) is 9.34. The Balaban J connectivity index is 2.19. The molecule has 0 fully saturated rings. The van der Waals surface area contributed by atoms with Gasteiger partial charge in [0.25, 0.3) is 0 Å². The summed E-state index contributed by atoms with van der Waals surface area (Å²) >= 11 is 0. The van der Waals surface area contributed by atoms with Crippen molar-refractivity contribution in [2.45, 2.75) is 39.7 Å². The molecule has 2 aromatic carbocycles. The van der Waals surface area contributed by atoms with E-state index in [4.69, 9.17) is 4.99 Å². The van der Waals surface area contributed by atoms with Crippen LogP contribution in [0, 0.1) is 0 Å². The van der Waals surface area contributed by atoms with Crippen LogP contribution in [0.4, 0.5) is 5.69 Å². The van der Waals surface area contributed by atoms with Crippen molar-refractivity contribution in [3.8, 4) is 5.75 Å². The second-order valence-corrected chi connectivity index (χ2v) is 6.70. The fraction of sp³-hybridized carbons (Fsp3) is 0.348. The van der Waals surface area contributed by atoms with E-state index in [1.165, 1.54) is 0 Å². The lowest BCUT2D eigenvalue weighted by molar-refractivity contribution is 0.360. The standard InChI is InChI=1S/C23H30N2O/c1-5-11-20(17-25(4)16-19-12-7-10-15-23(19)26)24-22-14-9-8-13-21(22)18(3)6-2/h7-10,12-15,26H,3,5-6,11,16-17H2,1-2,4H3. The van der Waals surface area contributed by atoms with Gasteiger partial charge in [0.15, 0.2) is 0 Å². The van der Waals surface area contributed by atoms with Crippen molar-refractivity contribution in [2.24, 2.45) is 4.99 Å². The molecule has 0 atom stereocenters. The van der Waals surface area contributed by atoms with Crippen molar-refractivity contribution >= 4 is 17.0 Å².